The molecular weight excluding hydrogens is 564 g/mol. The topological polar surface area (TPSA) is 97.2 Å². The maximum atomic E-state index is 13.2. The highest BCUT2D eigenvalue weighted by Gasteiger charge is 2.44. The lowest BCUT2D eigenvalue weighted by atomic mass is 9.83. The first kappa shape index (κ1) is 31.4. The van der Waals surface area contributed by atoms with Gasteiger partial charge in [0.15, 0.2) is 12.4 Å². The monoisotopic (exact) mass is 610 g/mol. The number of hydrogen-bond acceptors (Lipinski definition) is 8. The van der Waals surface area contributed by atoms with Gasteiger partial charge in [-0.1, -0.05) is 31.8 Å². The Bertz CT molecular complexity index is 1400. The summed E-state index contributed by atoms with van der Waals surface area (Å²) in [7, 11) is 0.364. The van der Waals surface area contributed by atoms with Crippen molar-refractivity contribution in [2.75, 3.05) is 33.7 Å². The van der Waals surface area contributed by atoms with Crippen LogP contribution in [0.25, 0.3) is 22.3 Å². The van der Waals surface area contributed by atoms with Gasteiger partial charge in [0.25, 0.3) is 0 Å². The molecule has 0 N–H and O–H groups in total. The summed E-state index contributed by atoms with van der Waals surface area (Å²) in [6, 6.07) is 13.0. The lowest BCUT2D eigenvalue weighted by Gasteiger charge is -2.48. The summed E-state index contributed by atoms with van der Waals surface area (Å²) in [6.45, 7) is 15.0. The summed E-state index contributed by atoms with van der Waals surface area (Å²) in [6.07, 6.45) is 1.29. The van der Waals surface area contributed by atoms with Crippen molar-refractivity contribution in [3.63, 3.8) is 0 Å². The van der Waals surface area contributed by atoms with E-state index in [0.29, 0.717) is 32.3 Å². The quantitative estimate of drug-likeness (QED) is 0.150. The Morgan fingerprint density at radius 1 is 1.07 bits per heavy atom. The molecule has 1 amide bonds. The van der Waals surface area contributed by atoms with Crippen LogP contribution < -0.4 is 4.74 Å². The number of rotatable bonds is 10. The molecule has 1 aromatic carbocycles. The third-order valence-electron chi connectivity index (χ3n) is 7.93. The van der Waals surface area contributed by atoms with Crippen LogP contribution in [0.5, 0.6) is 5.75 Å². The lowest BCUT2D eigenvalue weighted by Crippen LogP contribution is -2.59. The summed E-state index contributed by atoms with van der Waals surface area (Å²) in [5.74, 6) is 0.892. The average Bonchev–Trinajstić information content (AvgIpc) is 3.30. The predicted octanol–water partition coefficient (Wildman–Crippen LogP) is 6.28. The van der Waals surface area contributed by atoms with Gasteiger partial charge in [-0.3, -0.25) is 4.90 Å². The fourth-order valence-electron chi connectivity index (χ4n) is 5.91. The normalized spacial score (nSPS) is 20.8. The molecule has 2 bridgehead atoms. The third kappa shape index (κ3) is 7.57. The second kappa shape index (κ2) is 12.9. The van der Waals surface area contributed by atoms with Gasteiger partial charge in [0.1, 0.15) is 18.1 Å². The van der Waals surface area contributed by atoms with E-state index in [2.05, 4.69) is 41.4 Å². The fraction of sp³-hybridized carbons (Fsp3) is 0.594. The summed E-state index contributed by atoms with van der Waals surface area (Å²) in [5.41, 5.74) is 2.98. The molecule has 43 heavy (non-hydrogen) atoms. The van der Waals surface area contributed by atoms with E-state index in [1.807, 2.05) is 49.9 Å². The maximum Gasteiger partial charge on any atom is 0.410 e. The maximum absolute atomic E-state index is 13.2. The smallest absolute Gasteiger partial charge is 0.410 e. The number of para-hydroxylation sites is 1. The predicted molar refractivity (Wildman–Crippen MR) is 168 cm³/mol. The van der Waals surface area contributed by atoms with E-state index in [1.54, 1.807) is 7.11 Å². The molecule has 3 aromatic rings. The van der Waals surface area contributed by atoms with Crippen LogP contribution in [0.4, 0.5) is 4.79 Å². The Morgan fingerprint density at radius 3 is 2.47 bits per heavy atom. The summed E-state index contributed by atoms with van der Waals surface area (Å²) in [4.78, 5) is 15.1. The summed E-state index contributed by atoms with van der Waals surface area (Å²) >= 11 is 0. The zero-order valence-corrected chi connectivity index (χ0v) is 27.6. The number of piperidine rings is 1. The number of fused-ring (bicyclic) bond motifs is 3. The van der Waals surface area contributed by atoms with Crippen LogP contribution in [0.15, 0.2) is 36.4 Å². The van der Waals surface area contributed by atoms with Gasteiger partial charge in [-0.2, -0.15) is 0 Å². The Hall–Kier alpha value is -2.99. The zero-order chi connectivity index (χ0) is 30.8. The van der Waals surface area contributed by atoms with Crippen LogP contribution in [0.1, 0.15) is 45.2 Å². The minimum absolute atomic E-state index is 0.0573. The van der Waals surface area contributed by atoms with E-state index in [9.17, 15) is 4.79 Å². The Morgan fingerprint density at radius 2 is 1.79 bits per heavy atom. The molecule has 2 saturated heterocycles. The van der Waals surface area contributed by atoms with Crippen molar-refractivity contribution < 1.29 is 28.5 Å². The molecule has 234 valence electrons. The Labute approximate surface area is 255 Å². The highest BCUT2D eigenvalue weighted by Crippen LogP contribution is 2.40. The van der Waals surface area contributed by atoms with Gasteiger partial charge in [0, 0.05) is 44.4 Å². The molecule has 3 atom stereocenters. The number of aromatic nitrogens is 3. The van der Waals surface area contributed by atoms with Crippen molar-refractivity contribution >= 4 is 25.2 Å². The summed E-state index contributed by atoms with van der Waals surface area (Å²) in [5, 5.41) is 10.3. The number of benzene rings is 1. The molecule has 2 aromatic heterocycles. The molecule has 1 unspecified atom stereocenters. The molecule has 11 heteroatoms. The van der Waals surface area contributed by atoms with E-state index in [1.165, 1.54) is 0 Å². The van der Waals surface area contributed by atoms with Gasteiger partial charge < -0.3 is 28.3 Å². The highest BCUT2D eigenvalue weighted by atomic mass is 28.3. The minimum Gasteiger partial charge on any atom is -0.467 e. The van der Waals surface area contributed by atoms with Crippen LogP contribution in [-0.4, -0.2) is 85.2 Å². The van der Waals surface area contributed by atoms with Crippen molar-refractivity contribution in [2.24, 2.45) is 0 Å². The second-order valence-corrected chi connectivity index (χ2v) is 19.4. The minimum atomic E-state index is -1.24. The molecule has 0 spiro atoms. The number of amides is 1. The average molecular weight is 611 g/mol. The molecule has 4 heterocycles. The molecule has 10 nitrogen and oxygen atoms in total. The second-order valence-electron chi connectivity index (χ2n) is 13.8. The van der Waals surface area contributed by atoms with Gasteiger partial charge in [-0.15, -0.1) is 10.2 Å². The van der Waals surface area contributed by atoms with E-state index < -0.39 is 13.7 Å². The molecule has 5 rings (SSSR count). The van der Waals surface area contributed by atoms with E-state index in [0.717, 1.165) is 46.9 Å². The van der Waals surface area contributed by atoms with Crippen molar-refractivity contribution in [1.29, 1.82) is 0 Å². The number of methoxy groups -OCH3 is 1. The Balaban J connectivity index is 1.47. The van der Waals surface area contributed by atoms with Crippen LogP contribution >= 0.6 is 0 Å². The van der Waals surface area contributed by atoms with E-state index in [-0.39, 0.29) is 30.9 Å². The molecular formula is C32H46N4O6Si. The summed E-state index contributed by atoms with van der Waals surface area (Å²) < 4.78 is 31.1. The van der Waals surface area contributed by atoms with Crippen LogP contribution in [-0.2, 0) is 25.7 Å². The molecule has 2 aliphatic heterocycles. The van der Waals surface area contributed by atoms with Gasteiger partial charge in [0.2, 0.25) is 0 Å². The number of morpholine rings is 1. The van der Waals surface area contributed by atoms with Crippen LogP contribution in [0.2, 0.25) is 25.7 Å². The molecule has 2 aliphatic rings. The van der Waals surface area contributed by atoms with Crippen molar-refractivity contribution in [2.45, 2.75) is 89.6 Å². The standard InChI is InChI=1S/C32H46N4O6Si/c1-32(2,3)42-31(37)36-24-14-22(15-25(36)19-40-18-24)28-17-23-16-27(26-10-8-9-11-29(26)41-21-38-4)33-34-30(23)35(28)20-39-12-13-43(5,6)7/h8-11,16-17,22,24-25H,12-15,18-21H2,1-7H3/t22?,24-,25+. The number of ether oxygens (including phenoxy) is 5. The molecule has 0 aliphatic carbocycles. The third-order valence-corrected chi connectivity index (χ3v) is 9.63. The fourth-order valence-corrected chi connectivity index (χ4v) is 6.67. The first-order valence-electron chi connectivity index (χ1n) is 15.2. The number of nitrogens with zero attached hydrogens (tertiary/aromatic N) is 4. The Kier molecular flexibility index (Phi) is 9.45. The number of hydrogen-bond donors (Lipinski definition) is 0. The van der Waals surface area contributed by atoms with Gasteiger partial charge in [0.05, 0.1) is 31.0 Å². The van der Waals surface area contributed by atoms with Crippen LogP contribution in [0, 0.1) is 0 Å². The largest absolute Gasteiger partial charge is 0.467 e. The molecule has 0 radical (unpaired) electrons. The number of carbonyl (C=O) groups excluding carboxylic acids is 1. The number of carbonyl (C=O) groups is 1. The SMILES string of the molecule is COCOc1ccccc1-c1cc2cc(C3C[C@H]4COC[C@@H](C3)N4C(=O)OC(C)(C)C)n(COCC[Si](C)(C)C)c2nn1. The van der Waals surface area contributed by atoms with Crippen molar-refractivity contribution in [1.82, 2.24) is 19.7 Å². The first-order valence-corrected chi connectivity index (χ1v) is 18.9. The van der Waals surface area contributed by atoms with Gasteiger partial charge in [-0.25, -0.2) is 4.79 Å². The van der Waals surface area contributed by atoms with Crippen LogP contribution in [0.3, 0.4) is 0 Å². The lowest BCUT2D eigenvalue weighted by molar-refractivity contribution is -0.0831. The van der Waals surface area contributed by atoms with E-state index >= 15 is 0 Å². The molecule has 2 fully saturated rings. The highest BCUT2D eigenvalue weighted by molar-refractivity contribution is 6.76. The zero-order valence-electron chi connectivity index (χ0n) is 26.6. The van der Waals surface area contributed by atoms with Crippen molar-refractivity contribution in [3.05, 3.63) is 42.1 Å². The van der Waals surface area contributed by atoms with E-state index in [4.69, 9.17) is 28.8 Å². The molecule has 0 saturated carbocycles. The van der Waals surface area contributed by atoms with Gasteiger partial charge >= 0.3 is 6.09 Å². The first-order chi connectivity index (χ1) is 20.4. The van der Waals surface area contributed by atoms with Gasteiger partial charge in [-0.05, 0) is 63.9 Å². The van der Waals surface area contributed by atoms with Crippen molar-refractivity contribution in [3.8, 4) is 17.0 Å².